The van der Waals surface area contributed by atoms with E-state index >= 15 is 0 Å². The molecule has 4 fully saturated rings. The molecule has 20 heavy (non-hydrogen) atoms. The third kappa shape index (κ3) is 1.96. The second kappa shape index (κ2) is 4.43. The van der Waals surface area contributed by atoms with Crippen LogP contribution in [0.2, 0.25) is 0 Å². The zero-order chi connectivity index (χ0) is 13.3. The molecule has 2 saturated carbocycles. The number of hydrogen-bond donors (Lipinski definition) is 0. The van der Waals surface area contributed by atoms with Gasteiger partial charge in [0.05, 0.1) is 19.3 Å². The molecule has 0 spiro atoms. The SMILES string of the molecule is Ic1cn(CC2CC2)c(C2C3CN(C4COC4)CC32)n1. The van der Waals surface area contributed by atoms with Gasteiger partial charge >= 0.3 is 0 Å². The number of halogens is 1. The van der Waals surface area contributed by atoms with Crippen molar-refractivity contribution < 1.29 is 4.74 Å². The van der Waals surface area contributed by atoms with Crippen LogP contribution in [0.4, 0.5) is 0 Å². The van der Waals surface area contributed by atoms with Crippen LogP contribution in [0.25, 0.3) is 0 Å². The Morgan fingerprint density at radius 2 is 2.00 bits per heavy atom. The van der Waals surface area contributed by atoms with Crippen molar-refractivity contribution in [3.63, 3.8) is 0 Å². The summed E-state index contributed by atoms with van der Waals surface area (Å²) >= 11 is 2.37. The zero-order valence-electron chi connectivity index (χ0n) is 11.5. The highest BCUT2D eigenvalue weighted by Crippen LogP contribution is 2.58. The van der Waals surface area contributed by atoms with Crippen LogP contribution in [0.15, 0.2) is 6.20 Å². The predicted octanol–water partition coefficient (Wildman–Crippen LogP) is 1.94. The maximum Gasteiger partial charge on any atom is 0.119 e. The lowest BCUT2D eigenvalue weighted by Crippen LogP contribution is -2.48. The first-order valence-electron chi connectivity index (χ1n) is 7.84. The van der Waals surface area contributed by atoms with Crippen molar-refractivity contribution in [1.82, 2.24) is 14.5 Å². The van der Waals surface area contributed by atoms with Crippen molar-refractivity contribution in [3.8, 4) is 0 Å². The minimum absolute atomic E-state index is 0.717. The van der Waals surface area contributed by atoms with E-state index in [1.54, 1.807) is 0 Å². The largest absolute Gasteiger partial charge is 0.378 e. The van der Waals surface area contributed by atoms with E-state index in [2.05, 4.69) is 38.3 Å². The fourth-order valence-corrected chi connectivity index (χ4v) is 4.65. The average Bonchev–Trinajstić information content (AvgIpc) is 3.20. The third-order valence-electron chi connectivity index (χ3n) is 5.59. The molecule has 5 rings (SSSR count). The Balaban J connectivity index is 1.31. The van der Waals surface area contributed by atoms with Crippen LogP contribution >= 0.6 is 22.6 Å². The number of fused-ring (bicyclic) bond motifs is 1. The van der Waals surface area contributed by atoms with Gasteiger partial charge in [-0.3, -0.25) is 4.90 Å². The highest BCUT2D eigenvalue weighted by atomic mass is 127. The molecule has 2 atom stereocenters. The van der Waals surface area contributed by atoms with E-state index in [-0.39, 0.29) is 0 Å². The average molecular weight is 385 g/mol. The number of ether oxygens (including phenoxy) is 1. The summed E-state index contributed by atoms with van der Waals surface area (Å²) in [4.78, 5) is 7.49. The molecule has 0 aromatic carbocycles. The van der Waals surface area contributed by atoms with Gasteiger partial charge in [0.25, 0.3) is 0 Å². The van der Waals surface area contributed by atoms with Gasteiger partial charge < -0.3 is 9.30 Å². The minimum atomic E-state index is 0.717. The first kappa shape index (κ1) is 12.4. The lowest BCUT2D eigenvalue weighted by atomic mass is 10.1. The zero-order valence-corrected chi connectivity index (χ0v) is 13.7. The molecular formula is C15H20IN3O. The summed E-state index contributed by atoms with van der Waals surface area (Å²) in [5.41, 5.74) is 0. The molecule has 4 nitrogen and oxygen atoms in total. The second-order valence-corrected chi connectivity index (χ2v) is 8.12. The summed E-state index contributed by atoms with van der Waals surface area (Å²) in [7, 11) is 0. The molecule has 1 aromatic heterocycles. The molecule has 5 heteroatoms. The quantitative estimate of drug-likeness (QED) is 0.743. The first-order valence-corrected chi connectivity index (χ1v) is 8.92. The summed E-state index contributed by atoms with van der Waals surface area (Å²) < 4.78 is 8.97. The van der Waals surface area contributed by atoms with Gasteiger partial charge in [0.2, 0.25) is 0 Å². The van der Waals surface area contributed by atoms with Crippen LogP contribution in [-0.4, -0.2) is 46.8 Å². The van der Waals surface area contributed by atoms with Crippen molar-refractivity contribution in [2.45, 2.75) is 31.3 Å². The molecule has 0 N–H and O–H groups in total. The lowest BCUT2D eigenvalue weighted by molar-refractivity contribution is -0.0610. The molecular weight excluding hydrogens is 365 g/mol. The van der Waals surface area contributed by atoms with E-state index in [0.717, 1.165) is 42.9 Å². The van der Waals surface area contributed by atoms with Crippen LogP contribution in [0.1, 0.15) is 24.6 Å². The maximum absolute atomic E-state index is 5.32. The van der Waals surface area contributed by atoms with Crippen LogP contribution in [0, 0.1) is 21.5 Å². The molecule has 0 radical (unpaired) electrons. The van der Waals surface area contributed by atoms with E-state index in [1.807, 2.05) is 0 Å². The lowest BCUT2D eigenvalue weighted by Gasteiger charge is -2.35. The van der Waals surface area contributed by atoms with Gasteiger partial charge in [-0.05, 0) is 53.2 Å². The van der Waals surface area contributed by atoms with E-state index in [1.165, 1.54) is 42.0 Å². The molecule has 1 aromatic rings. The summed E-state index contributed by atoms with van der Waals surface area (Å²) in [6, 6.07) is 0.717. The molecule has 4 aliphatic rings. The highest BCUT2D eigenvalue weighted by Gasteiger charge is 2.59. The van der Waals surface area contributed by atoms with Crippen molar-refractivity contribution in [2.24, 2.45) is 17.8 Å². The number of nitrogens with zero attached hydrogens (tertiary/aromatic N) is 3. The fraction of sp³-hybridized carbons (Fsp3) is 0.800. The van der Waals surface area contributed by atoms with Gasteiger partial charge in [0, 0.05) is 31.7 Å². The predicted molar refractivity (Wildman–Crippen MR) is 83.6 cm³/mol. The molecule has 0 bridgehead atoms. The summed E-state index contributed by atoms with van der Waals surface area (Å²) in [6.07, 6.45) is 5.10. The summed E-state index contributed by atoms with van der Waals surface area (Å²) in [6.45, 7) is 5.67. The molecule has 2 unspecified atom stereocenters. The topological polar surface area (TPSA) is 30.3 Å². The Labute approximate surface area is 133 Å². The molecule has 3 heterocycles. The van der Waals surface area contributed by atoms with Crippen molar-refractivity contribution in [1.29, 1.82) is 0 Å². The maximum atomic E-state index is 5.32. The molecule has 0 amide bonds. The van der Waals surface area contributed by atoms with Crippen LogP contribution in [-0.2, 0) is 11.3 Å². The van der Waals surface area contributed by atoms with Crippen LogP contribution in [0.3, 0.4) is 0 Å². The van der Waals surface area contributed by atoms with Gasteiger partial charge in [-0.25, -0.2) is 4.98 Å². The Morgan fingerprint density at radius 3 is 2.60 bits per heavy atom. The number of hydrogen-bond acceptors (Lipinski definition) is 3. The van der Waals surface area contributed by atoms with Gasteiger partial charge in [-0.15, -0.1) is 0 Å². The molecule has 2 aliphatic carbocycles. The van der Waals surface area contributed by atoms with E-state index in [0.29, 0.717) is 0 Å². The standard InChI is InChI=1S/C15H20IN3O/c16-13-6-19(3-9-1-2-9)15(17-13)14-11-4-18(5-12(11)14)10-7-20-8-10/h6,9-12,14H,1-5,7-8H2. The van der Waals surface area contributed by atoms with Gasteiger partial charge in [-0.2, -0.15) is 0 Å². The van der Waals surface area contributed by atoms with E-state index in [4.69, 9.17) is 9.72 Å². The third-order valence-corrected chi connectivity index (χ3v) is 6.11. The number of rotatable bonds is 4. The Morgan fingerprint density at radius 1 is 1.25 bits per heavy atom. The fourth-order valence-electron chi connectivity index (χ4n) is 4.06. The monoisotopic (exact) mass is 385 g/mol. The first-order chi connectivity index (χ1) is 9.79. The number of likely N-dealkylation sites (tertiary alicyclic amines) is 1. The van der Waals surface area contributed by atoms with Gasteiger partial charge in [0.15, 0.2) is 0 Å². The molecule has 108 valence electrons. The number of imidazole rings is 1. The second-order valence-electron chi connectivity index (χ2n) is 7.02. The summed E-state index contributed by atoms with van der Waals surface area (Å²) in [5.74, 6) is 4.80. The van der Waals surface area contributed by atoms with Crippen molar-refractivity contribution in [2.75, 3.05) is 26.3 Å². The number of aromatic nitrogens is 2. The van der Waals surface area contributed by atoms with E-state index < -0.39 is 0 Å². The highest BCUT2D eigenvalue weighted by molar-refractivity contribution is 14.1. The van der Waals surface area contributed by atoms with Crippen molar-refractivity contribution >= 4 is 22.6 Å². The number of piperidine rings is 1. The van der Waals surface area contributed by atoms with E-state index in [9.17, 15) is 0 Å². The molecule has 2 saturated heterocycles. The Hall–Kier alpha value is -0.140. The Kier molecular flexibility index (Phi) is 2.75. The molecule has 2 aliphatic heterocycles. The van der Waals surface area contributed by atoms with Gasteiger partial charge in [-0.1, -0.05) is 0 Å². The minimum Gasteiger partial charge on any atom is -0.378 e. The Bertz CT molecular complexity index is 525. The van der Waals surface area contributed by atoms with Crippen LogP contribution in [0.5, 0.6) is 0 Å². The van der Waals surface area contributed by atoms with Crippen LogP contribution < -0.4 is 0 Å². The summed E-state index contributed by atoms with van der Waals surface area (Å²) in [5, 5.41) is 0. The van der Waals surface area contributed by atoms with Crippen molar-refractivity contribution in [3.05, 3.63) is 15.7 Å². The van der Waals surface area contributed by atoms with Gasteiger partial charge in [0.1, 0.15) is 9.53 Å². The smallest absolute Gasteiger partial charge is 0.119 e. The normalized spacial score (nSPS) is 37.0.